The molecule has 0 radical (unpaired) electrons. The summed E-state index contributed by atoms with van der Waals surface area (Å²) in [5.74, 6) is -0.848. The molecule has 0 aliphatic rings. The fourth-order valence-corrected chi connectivity index (χ4v) is 3.74. The molecule has 0 spiro atoms. The first-order valence-electron chi connectivity index (χ1n) is 10.8. The summed E-state index contributed by atoms with van der Waals surface area (Å²) in [5.41, 5.74) is 3.51. The third-order valence-corrected chi connectivity index (χ3v) is 5.76. The van der Waals surface area contributed by atoms with Crippen LogP contribution in [-0.4, -0.2) is 25.5 Å². The zero-order chi connectivity index (χ0) is 26.2. The summed E-state index contributed by atoms with van der Waals surface area (Å²) in [5, 5.41) is 14.8. The van der Waals surface area contributed by atoms with E-state index >= 15 is 0 Å². The van der Waals surface area contributed by atoms with Crippen LogP contribution in [0.15, 0.2) is 64.6 Å². The largest absolute Gasteiger partial charge is 0.493 e. The van der Waals surface area contributed by atoms with Gasteiger partial charge in [-0.25, -0.2) is 4.39 Å². The van der Waals surface area contributed by atoms with Gasteiger partial charge in [0.1, 0.15) is 17.5 Å². The lowest BCUT2D eigenvalue weighted by Crippen LogP contribution is -2.20. The zero-order valence-electron chi connectivity index (χ0n) is 19.8. The van der Waals surface area contributed by atoms with Crippen LogP contribution in [0, 0.1) is 31.0 Å². The fourth-order valence-electron chi connectivity index (χ4n) is 3.16. The predicted octanol–water partition coefficient (Wildman–Crippen LogP) is 5.78. The summed E-state index contributed by atoms with van der Waals surface area (Å²) in [7, 11) is 1.43. The first-order chi connectivity index (χ1) is 17.2. The summed E-state index contributed by atoms with van der Waals surface area (Å²) in [6.45, 7) is 3.69. The van der Waals surface area contributed by atoms with E-state index in [1.807, 2.05) is 38.1 Å². The predicted molar refractivity (Wildman–Crippen MR) is 139 cm³/mol. The van der Waals surface area contributed by atoms with E-state index in [0.717, 1.165) is 11.1 Å². The number of hydrogen-bond acceptors (Lipinski definition) is 5. The van der Waals surface area contributed by atoms with Gasteiger partial charge in [-0.2, -0.15) is 5.26 Å². The summed E-state index contributed by atoms with van der Waals surface area (Å²) < 4.78 is 24.6. The van der Waals surface area contributed by atoms with Crippen molar-refractivity contribution < 1.29 is 23.5 Å². The van der Waals surface area contributed by atoms with Crippen LogP contribution in [0.4, 0.5) is 15.8 Å². The van der Waals surface area contributed by atoms with E-state index in [1.54, 1.807) is 12.1 Å². The Bertz CT molecular complexity index is 1360. The van der Waals surface area contributed by atoms with Gasteiger partial charge in [-0.1, -0.05) is 6.07 Å². The Kier molecular flexibility index (Phi) is 8.81. The second kappa shape index (κ2) is 12.0. The smallest absolute Gasteiger partial charge is 0.266 e. The van der Waals surface area contributed by atoms with Crippen molar-refractivity contribution in [2.75, 3.05) is 24.4 Å². The molecular formula is C27H23BrFN3O4. The molecule has 3 rings (SSSR count). The van der Waals surface area contributed by atoms with Gasteiger partial charge in [0.05, 0.1) is 11.6 Å². The number of halogens is 2. The zero-order valence-corrected chi connectivity index (χ0v) is 21.4. The maximum Gasteiger partial charge on any atom is 0.266 e. The number of hydrogen-bond donors (Lipinski definition) is 2. The Morgan fingerprint density at radius 3 is 2.36 bits per heavy atom. The van der Waals surface area contributed by atoms with Crippen molar-refractivity contribution in [1.82, 2.24) is 0 Å². The number of nitrogens with one attached hydrogen (secondary N) is 2. The molecule has 36 heavy (non-hydrogen) atoms. The standard InChI is InChI=1S/C27H23BrFN3O4/c1-16-4-7-22(10-17(16)2)31-25(33)15-36-26-23(28)12-18(13-24(26)35-3)11-19(14-30)27(34)32-21-8-5-20(29)6-9-21/h4-13H,15H2,1-3H3,(H,31,33)(H,32,34)/b19-11+. The number of aryl methyl sites for hydroxylation is 2. The molecule has 0 saturated carbocycles. The van der Waals surface area contributed by atoms with Gasteiger partial charge in [0.2, 0.25) is 0 Å². The van der Waals surface area contributed by atoms with Crippen molar-refractivity contribution in [1.29, 1.82) is 5.26 Å². The second-order valence-corrected chi connectivity index (χ2v) is 8.66. The van der Waals surface area contributed by atoms with Gasteiger partial charge in [0.25, 0.3) is 11.8 Å². The number of nitriles is 1. The Morgan fingerprint density at radius 1 is 1.03 bits per heavy atom. The molecule has 2 amide bonds. The van der Waals surface area contributed by atoms with Gasteiger partial charge in [0.15, 0.2) is 18.1 Å². The highest BCUT2D eigenvalue weighted by Gasteiger charge is 2.15. The molecule has 0 unspecified atom stereocenters. The van der Waals surface area contributed by atoms with E-state index in [0.29, 0.717) is 32.9 Å². The molecule has 3 aromatic rings. The number of rotatable bonds is 8. The van der Waals surface area contributed by atoms with Crippen LogP contribution in [0.5, 0.6) is 11.5 Å². The van der Waals surface area contributed by atoms with E-state index in [2.05, 4.69) is 26.6 Å². The molecule has 0 aliphatic carbocycles. The first kappa shape index (κ1) is 26.4. The van der Waals surface area contributed by atoms with Crippen LogP contribution in [0.1, 0.15) is 16.7 Å². The third kappa shape index (κ3) is 6.93. The van der Waals surface area contributed by atoms with E-state index in [9.17, 15) is 19.2 Å². The minimum absolute atomic E-state index is 0.172. The molecule has 0 saturated heterocycles. The molecule has 3 aromatic carbocycles. The third-order valence-electron chi connectivity index (χ3n) is 5.17. The number of benzene rings is 3. The minimum atomic E-state index is -0.650. The number of nitrogens with zero attached hydrogens (tertiary/aromatic N) is 1. The summed E-state index contributed by atoms with van der Waals surface area (Å²) in [4.78, 5) is 24.9. The van der Waals surface area contributed by atoms with E-state index < -0.39 is 11.7 Å². The minimum Gasteiger partial charge on any atom is -0.493 e. The molecule has 184 valence electrons. The van der Waals surface area contributed by atoms with Crippen LogP contribution in [0.25, 0.3) is 6.08 Å². The van der Waals surface area contributed by atoms with Crippen molar-refractivity contribution in [2.24, 2.45) is 0 Å². The van der Waals surface area contributed by atoms with Gasteiger partial charge >= 0.3 is 0 Å². The summed E-state index contributed by atoms with van der Waals surface area (Å²) >= 11 is 3.40. The normalized spacial score (nSPS) is 10.8. The number of methoxy groups -OCH3 is 1. The van der Waals surface area contributed by atoms with E-state index in [1.165, 1.54) is 37.5 Å². The van der Waals surface area contributed by atoms with Crippen LogP contribution < -0.4 is 20.1 Å². The molecule has 0 aliphatic heterocycles. The Hall–Kier alpha value is -4.16. The second-order valence-electron chi connectivity index (χ2n) is 7.80. The van der Waals surface area contributed by atoms with Gasteiger partial charge in [-0.15, -0.1) is 0 Å². The lowest BCUT2D eigenvalue weighted by atomic mass is 10.1. The topological polar surface area (TPSA) is 100 Å². The molecule has 0 bridgehead atoms. The highest BCUT2D eigenvalue weighted by Crippen LogP contribution is 2.37. The number of ether oxygens (including phenoxy) is 2. The van der Waals surface area contributed by atoms with E-state index in [4.69, 9.17) is 9.47 Å². The Balaban J connectivity index is 1.73. The van der Waals surface area contributed by atoms with Crippen molar-refractivity contribution in [3.63, 3.8) is 0 Å². The molecule has 9 heteroatoms. The van der Waals surface area contributed by atoms with Crippen LogP contribution in [-0.2, 0) is 9.59 Å². The molecular weight excluding hydrogens is 529 g/mol. The highest BCUT2D eigenvalue weighted by molar-refractivity contribution is 9.10. The van der Waals surface area contributed by atoms with Crippen molar-refractivity contribution in [3.8, 4) is 17.6 Å². The summed E-state index contributed by atoms with van der Waals surface area (Å²) in [6, 6.07) is 15.9. The number of amides is 2. The molecule has 0 heterocycles. The summed E-state index contributed by atoms with van der Waals surface area (Å²) in [6.07, 6.45) is 1.38. The first-order valence-corrected chi connectivity index (χ1v) is 11.6. The van der Waals surface area contributed by atoms with Crippen molar-refractivity contribution in [3.05, 3.63) is 87.2 Å². The maximum absolute atomic E-state index is 13.1. The van der Waals surface area contributed by atoms with E-state index in [-0.39, 0.29) is 18.1 Å². The lowest BCUT2D eigenvalue weighted by Gasteiger charge is -2.14. The monoisotopic (exact) mass is 551 g/mol. The van der Waals surface area contributed by atoms with Gasteiger partial charge in [0, 0.05) is 11.4 Å². The molecule has 2 N–H and O–H groups in total. The van der Waals surface area contributed by atoms with Crippen LogP contribution in [0.3, 0.4) is 0 Å². The maximum atomic E-state index is 13.1. The number of carbonyl (C=O) groups excluding carboxylic acids is 2. The average molecular weight is 552 g/mol. The van der Waals surface area contributed by atoms with Crippen LogP contribution >= 0.6 is 15.9 Å². The molecule has 0 aromatic heterocycles. The van der Waals surface area contributed by atoms with Gasteiger partial charge in [-0.05, 0) is 101 Å². The van der Waals surface area contributed by atoms with Crippen molar-refractivity contribution >= 4 is 45.2 Å². The quantitative estimate of drug-likeness (QED) is 0.273. The highest BCUT2D eigenvalue weighted by atomic mass is 79.9. The van der Waals surface area contributed by atoms with Gasteiger partial charge < -0.3 is 20.1 Å². The fraction of sp³-hybridized carbons (Fsp3) is 0.148. The van der Waals surface area contributed by atoms with Crippen LogP contribution in [0.2, 0.25) is 0 Å². The lowest BCUT2D eigenvalue weighted by molar-refractivity contribution is -0.118. The SMILES string of the molecule is COc1cc(/C=C(\C#N)C(=O)Nc2ccc(F)cc2)cc(Br)c1OCC(=O)Nc1ccc(C)c(C)c1. The number of carbonyl (C=O) groups is 2. The Morgan fingerprint density at radius 2 is 1.72 bits per heavy atom. The molecule has 0 atom stereocenters. The molecule has 0 fully saturated rings. The Labute approximate surface area is 216 Å². The molecule has 7 nitrogen and oxygen atoms in total. The van der Waals surface area contributed by atoms with Gasteiger partial charge in [-0.3, -0.25) is 9.59 Å². The van der Waals surface area contributed by atoms with Crippen molar-refractivity contribution in [2.45, 2.75) is 13.8 Å². The average Bonchev–Trinajstić information content (AvgIpc) is 2.85. The number of anilines is 2.